The molecule has 2 aromatic rings. The molecule has 10 heteroatoms. The topological polar surface area (TPSA) is 113 Å². The van der Waals surface area contributed by atoms with Crippen LogP contribution in [-0.4, -0.2) is 50.8 Å². The lowest BCUT2D eigenvalue weighted by molar-refractivity contribution is -0.129. The Hall–Kier alpha value is -4.18. The average molecular weight is 659 g/mol. The number of Topliss-reactive ketones (excluding diaryl/α,β-unsaturated/α-hetero) is 2. The van der Waals surface area contributed by atoms with Crippen LogP contribution in [-0.2, 0) is 33.3 Å². The molecule has 0 spiro atoms. The maximum absolute atomic E-state index is 12.4. The molecule has 0 bridgehead atoms. The van der Waals surface area contributed by atoms with Gasteiger partial charge in [0.15, 0.2) is 5.78 Å². The summed E-state index contributed by atoms with van der Waals surface area (Å²) in [6.45, 7) is 31.6. The zero-order valence-corrected chi connectivity index (χ0v) is 29.2. The van der Waals surface area contributed by atoms with E-state index in [0.717, 1.165) is 48.2 Å². The quantitative estimate of drug-likeness (QED) is 0.317. The van der Waals surface area contributed by atoms with E-state index in [1.807, 2.05) is 47.6 Å². The van der Waals surface area contributed by atoms with Gasteiger partial charge in [-0.3, -0.25) is 4.79 Å². The van der Waals surface area contributed by atoms with E-state index in [4.69, 9.17) is 34.0 Å². The number of aromatic nitrogens is 4. The molecule has 0 N–H and O–H groups in total. The molecule has 0 amide bonds. The minimum atomic E-state index is -0.553. The van der Waals surface area contributed by atoms with E-state index in [2.05, 4.69) is 33.5 Å². The normalized spacial score (nSPS) is 29.8. The lowest BCUT2D eigenvalue weighted by Gasteiger charge is -2.47. The SMILES string of the molecule is C.[3H]C.[C-]#[N+]C1=C[C@]2(C)c3nc(C)nc(OCC)c3CC[C@H]2[C@H](C)C1=O.[C-]#[N+]C1C[C@]2(C)c3nc(C)nc(OCC)c3CC[C@H]2[C@H](C)C1=O. The van der Waals surface area contributed by atoms with Gasteiger partial charge in [-0.2, -0.15) is 9.97 Å². The second-order valence-electron chi connectivity index (χ2n) is 13.5. The monoisotopic (exact) mass is 658 g/mol. The third-order valence-corrected chi connectivity index (χ3v) is 10.8. The number of carbonyl (C=O) groups excluding carboxylic acids is 2. The van der Waals surface area contributed by atoms with Crippen molar-refractivity contribution in [1.82, 2.24) is 19.9 Å². The van der Waals surface area contributed by atoms with Gasteiger partial charge in [-0.1, -0.05) is 48.6 Å². The van der Waals surface area contributed by atoms with E-state index in [9.17, 15) is 9.59 Å². The standard InChI is InChI=1S/C18H23N3O2.C18H21N3O2.2CH4/c2*1-6-23-17-12-7-8-13-10(2)15(22)14(19-5)9-18(13,4)16(12)20-11(3)21-17;;/h10,13-14H,6-9H2,1-4H3;9-10,13H,6-8H2,1-4H3;2*1H4/t10-,13-,14?,18-;10-,13-,18-;;/m00../s1/i;;1T;. The molecule has 258 valence electrons. The first-order valence-corrected chi connectivity index (χ1v) is 16.4. The largest absolute Gasteiger partial charge is 0.478 e. The van der Waals surface area contributed by atoms with Gasteiger partial charge in [-0.25, -0.2) is 21.4 Å². The van der Waals surface area contributed by atoms with Gasteiger partial charge in [0.25, 0.3) is 6.04 Å². The van der Waals surface area contributed by atoms with Crippen LogP contribution in [0.5, 0.6) is 11.8 Å². The average Bonchev–Trinajstić information content (AvgIpc) is 3.06. The summed E-state index contributed by atoms with van der Waals surface area (Å²) in [5, 5.41) is 0. The van der Waals surface area contributed by atoms with Crippen molar-refractivity contribution in [3.63, 3.8) is 0 Å². The van der Waals surface area contributed by atoms with E-state index in [1.54, 1.807) is 0 Å². The molecule has 1 saturated carbocycles. The van der Waals surface area contributed by atoms with Crippen molar-refractivity contribution in [3.8, 4) is 11.8 Å². The number of rotatable bonds is 4. The molecule has 0 aromatic carbocycles. The summed E-state index contributed by atoms with van der Waals surface area (Å²) in [6.07, 6.45) is 5.83. The van der Waals surface area contributed by atoms with E-state index in [0.29, 0.717) is 43.0 Å². The number of hydrogen-bond donors (Lipinski definition) is 0. The number of aryl methyl sites for hydroxylation is 2. The molecular weight excluding hydrogens is 604 g/mol. The summed E-state index contributed by atoms with van der Waals surface area (Å²) < 4.78 is 17.2. The highest BCUT2D eigenvalue weighted by molar-refractivity contribution is 6.00. The summed E-state index contributed by atoms with van der Waals surface area (Å²) >= 11 is 0. The molecule has 0 saturated heterocycles. The summed E-state index contributed by atoms with van der Waals surface area (Å²) in [7, 11) is 1.25. The first-order chi connectivity index (χ1) is 22.8. The number of hydrogen-bond acceptors (Lipinski definition) is 8. The summed E-state index contributed by atoms with van der Waals surface area (Å²) in [5.41, 5.74) is 3.58. The smallest absolute Gasteiger partial charge is 0.282 e. The van der Waals surface area contributed by atoms with Crippen molar-refractivity contribution in [3.05, 3.63) is 68.8 Å². The summed E-state index contributed by atoms with van der Waals surface area (Å²) in [4.78, 5) is 50.2. The molecule has 6 rings (SSSR count). The van der Waals surface area contributed by atoms with Crippen LogP contribution < -0.4 is 9.47 Å². The zero-order chi connectivity index (χ0) is 35.6. The summed E-state index contributed by atoms with van der Waals surface area (Å²) in [6, 6.07) is -0.553. The fourth-order valence-electron chi connectivity index (χ4n) is 8.56. The van der Waals surface area contributed by atoms with Gasteiger partial charge in [-0.05, 0) is 65.2 Å². The first kappa shape index (κ1) is 36.7. The second-order valence-corrected chi connectivity index (χ2v) is 13.5. The predicted octanol–water partition coefficient (Wildman–Crippen LogP) is 7.20. The van der Waals surface area contributed by atoms with Crippen LogP contribution in [0, 0.1) is 50.7 Å². The van der Waals surface area contributed by atoms with Crippen LogP contribution in [0.15, 0.2) is 11.8 Å². The maximum atomic E-state index is 12.4. The lowest BCUT2D eigenvalue weighted by atomic mass is 9.55. The van der Waals surface area contributed by atoms with Crippen LogP contribution in [0.2, 0.25) is 0 Å². The second kappa shape index (κ2) is 14.5. The van der Waals surface area contributed by atoms with Gasteiger partial charge in [0, 0.05) is 41.6 Å². The summed E-state index contributed by atoms with van der Waals surface area (Å²) in [5.74, 6) is 2.90. The molecule has 0 radical (unpaired) electrons. The van der Waals surface area contributed by atoms with Crippen LogP contribution >= 0.6 is 0 Å². The predicted molar refractivity (Wildman–Crippen MR) is 186 cm³/mol. The van der Waals surface area contributed by atoms with Gasteiger partial charge in [0.1, 0.15) is 11.6 Å². The highest BCUT2D eigenvalue weighted by atomic mass is 16.5. The first-order valence-electron chi connectivity index (χ1n) is 17.4. The highest BCUT2D eigenvalue weighted by Crippen LogP contribution is 2.53. The van der Waals surface area contributed by atoms with E-state index < -0.39 is 11.5 Å². The molecule has 48 heavy (non-hydrogen) atoms. The third-order valence-electron chi connectivity index (χ3n) is 10.8. The Bertz CT molecular complexity index is 1700. The van der Waals surface area contributed by atoms with Crippen LogP contribution in [0.25, 0.3) is 9.69 Å². The molecule has 2 aromatic heterocycles. The highest BCUT2D eigenvalue weighted by Gasteiger charge is 2.56. The van der Waals surface area contributed by atoms with Crippen LogP contribution in [0.3, 0.4) is 0 Å². The number of fused-ring (bicyclic) bond motifs is 6. The molecule has 4 aliphatic carbocycles. The Balaban J connectivity index is 0.000000248. The lowest BCUT2D eigenvalue weighted by Crippen LogP contribution is -2.52. The number of nitrogens with zero attached hydrogens (tertiary/aromatic N) is 6. The molecule has 1 fully saturated rings. The minimum absolute atomic E-state index is 0. The van der Waals surface area contributed by atoms with Crippen LogP contribution in [0.4, 0.5) is 0 Å². The van der Waals surface area contributed by atoms with Crippen molar-refractivity contribution in [2.24, 2.45) is 23.7 Å². The molecule has 1 unspecified atom stereocenters. The molecule has 0 aliphatic heterocycles. The number of ketones is 2. The van der Waals surface area contributed by atoms with Crippen molar-refractivity contribution in [1.29, 1.82) is 0 Å². The molecule has 4 aliphatic rings. The fourth-order valence-corrected chi connectivity index (χ4v) is 8.56. The van der Waals surface area contributed by atoms with E-state index in [-0.39, 0.29) is 53.8 Å². The molecule has 7 atom stereocenters. The van der Waals surface area contributed by atoms with Crippen molar-refractivity contribution >= 4 is 11.6 Å². The Morgan fingerprint density at radius 3 is 1.92 bits per heavy atom. The Morgan fingerprint density at radius 1 is 0.875 bits per heavy atom. The van der Waals surface area contributed by atoms with E-state index in [1.165, 1.54) is 7.40 Å². The van der Waals surface area contributed by atoms with Crippen molar-refractivity contribution < 1.29 is 20.4 Å². The Morgan fingerprint density at radius 2 is 1.40 bits per heavy atom. The molecular formula is C38H52N6O4. The number of allylic oxidation sites excluding steroid dienone is 2. The molecule has 10 nitrogen and oxygen atoms in total. The third kappa shape index (κ3) is 6.22. The van der Waals surface area contributed by atoms with Crippen molar-refractivity contribution in [2.45, 2.75) is 119 Å². The van der Waals surface area contributed by atoms with Gasteiger partial charge in [0.2, 0.25) is 23.2 Å². The molecule has 2 heterocycles. The van der Waals surface area contributed by atoms with Gasteiger partial charge < -0.3 is 19.1 Å². The van der Waals surface area contributed by atoms with Crippen LogP contribution in [0.1, 0.15) is 111 Å². The van der Waals surface area contributed by atoms with Gasteiger partial charge >= 0.3 is 0 Å². The van der Waals surface area contributed by atoms with Crippen molar-refractivity contribution in [2.75, 3.05) is 13.2 Å². The Labute approximate surface area is 288 Å². The zero-order valence-electron chi connectivity index (χ0n) is 30.2. The minimum Gasteiger partial charge on any atom is -0.478 e. The number of carbonyl (C=O) groups is 2. The fraction of sp³-hybridized carbons (Fsp3) is 0.632. The number of ether oxygens (including phenoxy) is 2. The van der Waals surface area contributed by atoms with Gasteiger partial charge in [-0.15, -0.1) is 0 Å². The van der Waals surface area contributed by atoms with E-state index >= 15 is 0 Å². The van der Waals surface area contributed by atoms with Gasteiger partial charge in [0.05, 0.1) is 31.2 Å². The Kier molecular flexibility index (Phi) is 11.1. The maximum Gasteiger partial charge on any atom is 0.282 e.